The minimum absolute atomic E-state index is 0.318. The Kier molecular flexibility index (Phi) is 4.80. The van der Waals surface area contributed by atoms with Gasteiger partial charge in [-0.2, -0.15) is 0 Å². The van der Waals surface area contributed by atoms with Crippen molar-refractivity contribution in [1.82, 2.24) is 10.2 Å². The Bertz CT molecular complexity index is 252. The van der Waals surface area contributed by atoms with Crippen LogP contribution in [-0.2, 0) is 9.53 Å². The van der Waals surface area contributed by atoms with E-state index in [4.69, 9.17) is 4.74 Å². The van der Waals surface area contributed by atoms with Crippen LogP contribution in [0.15, 0.2) is 0 Å². The minimum atomic E-state index is 0.318. The number of hydrogen-bond acceptors (Lipinski definition) is 3. The molecular formula is C13H24N2O2. The van der Waals surface area contributed by atoms with Crippen LogP contribution in [0.3, 0.4) is 0 Å². The maximum atomic E-state index is 12.1. The van der Waals surface area contributed by atoms with Crippen LogP contribution in [0.25, 0.3) is 0 Å². The fourth-order valence-corrected chi connectivity index (χ4v) is 3.07. The average molecular weight is 240 g/mol. The summed E-state index contributed by atoms with van der Waals surface area (Å²) >= 11 is 0. The molecule has 2 saturated heterocycles. The molecule has 2 unspecified atom stereocenters. The quantitative estimate of drug-likeness (QED) is 0.733. The van der Waals surface area contributed by atoms with Gasteiger partial charge < -0.3 is 15.0 Å². The van der Waals surface area contributed by atoms with Crippen LogP contribution >= 0.6 is 0 Å². The van der Waals surface area contributed by atoms with Crippen molar-refractivity contribution < 1.29 is 9.53 Å². The third kappa shape index (κ3) is 3.19. The highest BCUT2D eigenvalue weighted by molar-refractivity contribution is 5.76. The Hall–Kier alpha value is -0.610. The van der Waals surface area contributed by atoms with Gasteiger partial charge in [-0.3, -0.25) is 4.79 Å². The summed E-state index contributed by atoms with van der Waals surface area (Å²) in [6, 6.07) is 0.997. The van der Waals surface area contributed by atoms with E-state index in [1.165, 1.54) is 25.7 Å². The highest BCUT2D eigenvalue weighted by Crippen LogP contribution is 2.25. The van der Waals surface area contributed by atoms with E-state index < -0.39 is 0 Å². The molecule has 0 aromatic carbocycles. The summed E-state index contributed by atoms with van der Waals surface area (Å²) in [5.41, 5.74) is 0. The van der Waals surface area contributed by atoms with Crippen LogP contribution < -0.4 is 5.32 Å². The Labute approximate surface area is 104 Å². The largest absolute Gasteiger partial charge is 0.385 e. The smallest absolute Gasteiger partial charge is 0.222 e. The number of hydrogen-bond donors (Lipinski definition) is 1. The number of amides is 1. The predicted molar refractivity (Wildman–Crippen MR) is 66.9 cm³/mol. The predicted octanol–water partition coefficient (Wildman–Crippen LogP) is 1.16. The molecule has 0 aromatic rings. The monoisotopic (exact) mass is 240 g/mol. The molecule has 1 N–H and O–H groups in total. The van der Waals surface area contributed by atoms with Crippen LogP contribution in [0, 0.1) is 0 Å². The number of nitrogens with one attached hydrogen (secondary N) is 1. The van der Waals surface area contributed by atoms with Crippen molar-refractivity contribution in [1.29, 1.82) is 0 Å². The summed E-state index contributed by atoms with van der Waals surface area (Å²) < 4.78 is 5.00. The van der Waals surface area contributed by atoms with Gasteiger partial charge in [0.25, 0.3) is 0 Å². The first-order valence-corrected chi connectivity index (χ1v) is 6.84. The van der Waals surface area contributed by atoms with E-state index in [1.54, 1.807) is 7.11 Å². The molecule has 2 aliphatic heterocycles. The zero-order valence-corrected chi connectivity index (χ0v) is 10.8. The van der Waals surface area contributed by atoms with Gasteiger partial charge in [-0.15, -0.1) is 0 Å². The van der Waals surface area contributed by atoms with Crippen molar-refractivity contribution >= 4 is 5.91 Å². The number of rotatable bonds is 5. The van der Waals surface area contributed by atoms with Crippen LogP contribution in [-0.4, -0.2) is 49.7 Å². The molecule has 0 bridgehead atoms. The Morgan fingerprint density at radius 3 is 3.00 bits per heavy atom. The molecule has 1 amide bonds. The molecule has 17 heavy (non-hydrogen) atoms. The Balaban J connectivity index is 1.83. The third-order valence-corrected chi connectivity index (χ3v) is 3.92. The lowest BCUT2D eigenvalue weighted by atomic mass is 10.0. The van der Waals surface area contributed by atoms with E-state index in [9.17, 15) is 4.79 Å². The zero-order chi connectivity index (χ0) is 12.1. The molecule has 2 heterocycles. The van der Waals surface area contributed by atoms with Crippen molar-refractivity contribution in [2.24, 2.45) is 0 Å². The van der Waals surface area contributed by atoms with Crippen molar-refractivity contribution in [3.8, 4) is 0 Å². The highest BCUT2D eigenvalue weighted by Gasteiger charge is 2.35. The van der Waals surface area contributed by atoms with Crippen molar-refractivity contribution in [3.05, 3.63) is 0 Å². The molecule has 2 aliphatic rings. The number of likely N-dealkylation sites (tertiary alicyclic amines) is 1. The first-order valence-electron chi connectivity index (χ1n) is 6.84. The van der Waals surface area contributed by atoms with E-state index in [-0.39, 0.29) is 0 Å². The standard InChI is InChI=1S/C13H24N2O2/c1-17-10-4-7-13(16)15-9-3-6-12(15)11-5-2-8-14-11/h11-12,14H,2-10H2,1H3. The van der Waals surface area contributed by atoms with Crippen LogP contribution in [0.4, 0.5) is 0 Å². The summed E-state index contributed by atoms with van der Waals surface area (Å²) in [6.07, 6.45) is 6.31. The minimum Gasteiger partial charge on any atom is -0.385 e. The fourth-order valence-electron chi connectivity index (χ4n) is 3.07. The van der Waals surface area contributed by atoms with Gasteiger partial charge >= 0.3 is 0 Å². The molecule has 2 rings (SSSR count). The van der Waals surface area contributed by atoms with E-state index >= 15 is 0 Å². The van der Waals surface area contributed by atoms with Gasteiger partial charge in [-0.05, 0) is 38.6 Å². The van der Waals surface area contributed by atoms with Crippen molar-refractivity contribution in [2.75, 3.05) is 26.8 Å². The van der Waals surface area contributed by atoms with Crippen LogP contribution in [0.1, 0.15) is 38.5 Å². The van der Waals surface area contributed by atoms with Gasteiger partial charge in [0.2, 0.25) is 5.91 Å². The second-order valence-electron chi connectivity index (χ2n) is 5.10. The molecule has 0 saturated carbocycles. The lowest BCUT2D eigenvalue weighted by Gasteiger charge is -2.29. The molecule has 0 spiro atoms. The van der Waals surface area contributed by atoms with Crippen molar-refractivity contribution in [2.45, 2.75) is 50.6 Å². The van der Waals surface area contributed by atoms with Gasteiger partial charge in [-0.1, -0.05) is 0 Å². The normalized spacial score (nSPS) is 28.9. The van der Waals surface area contributed by atoms with Gasteiger partial charge in [0.1, 0.15) is 0 Å². The summed E-state index contributed by atoms with van der Waals surface area (Å²) in [7, 11) is 1.69. The average Bonchev–Trinajstić information content (AvgIpc) is 2.99. The van der Waals surface area contributed by atoms with Crippen LogP contribution in [0.5, 0.6) is 0 Å². The summed E-state index contributed by atoms with van der Waals surface area (Å²) in [5.74, 6) is 0.318. The number of carbonyl (C=O) groups excluding carboxylic acids is 1. The van der Waals surface area contributed by atoms with Gasteiger partial charge in [0.15, 0.2) is 0 Å². The number of nitrogens with zero attached hydrogens (tertiary/aromatic N) is 1. The van der Waals surface area contributed by atoms with E-state index in [2.05, 4.69) is 10.2 Å². The topological polar surface area (TPSA) is 41.6 Å². The first kappa shape index (κ1) is 12.8. The van der Waals surface area contributed by atoms with Gasteiger partial charge in [-0.25, -0.2) is 0 Å². The van der Waals surface area contributed by atoms with E-state index in [0.29, 0.717) is 31.0 Å². The Morgan fingerprint density at radius 1 is 1.41 bits per heavy atom. The number of carbonyl (C=O) groups is 1. The molecule has 0 aromatic heterocycles. The lowest BCUT2D eigenvalue weighted by molar-refractivity contribution is -0.132. The zero-order valence-electron chi connectivity index (χ0n) is 10.8. The van der Waals surface area contributed by atoms with E-state index in [1.807, 2.05) is 0 Å². The highest BCUT2D eigenvalue weighted by atomic mass is 16.5. The van der Waals surface area contributed by atoms with E-state index in [0.717, 1.165) is 19.5 Å². The molecule has 2 fully saturated rings. The molecule has 98 valence electrons. The number of methoxy groups -OCH3 is 1. The summed E-state index contributed by atoms with van der Waals surface area (Å²) in [6.45, 7) is 2.76. The summed E-state index contributed by atoms with van der Waals surface area (Å²) in [5, 5.41) is 3.53. The van der Waals surface area contributed by atoms with Gasteiger partial charge in [0, 0.05) is 38.8 Å². The van der Waals surface area contributed by atoms with Gasteiger partial charge in [0.05, 0.1) is 0 Å². The third-order valence-electron chi connectivity index (χ3n) is 3.92. The molecule has 4 nitrogen and oxygen atoms in total. The molecule has 4 heteroatoms. The lowest BCUT2D eigenvalue weighted by Crippen LogP contribution is -2.46. The SMILES string of the molecule is COCCCC(=O)N1CCCC1C1CCCN1. The second kappa shape index (κ2) is 6.36. The van der Waals surface area contributed by atoms with Crippen molar-refractivity contribution in [3.63, 3.8) is 0 Å². The molecule has 0 radical (unpaired) electrons. The molecule has 0 aliphatic carbocycles. The molecular weight excluding hydrogens is 216 g/mol. The maximum Gasteiger partial charge on any atom is 0.222 e. The van der Waals surface area contributed by atoms with Crippen LogP contribution in [0.2, 0.25) is 0 Å². The fraction of sp³-hybridized carbons (Fsp3) is 0.923. The second-order valence-corrected chi connectivity index (χ2v) is 5.10. The Morgan fingerprint density at radius 2 is 2.29 bits per heavy atom. The first-order chi connectivity index (χ1) is 8.33. The maximum absolute atomic E-state index is 12.1. The molecule has 2 atom stereocenters. The number of ether oxygens (including phenoxy) is 1. The summed E-state index contributed by atoms with van der Waals surface area (Å²) in [4.78, 5) is 14.2.